The van der Waals surface area contributed by atoms with E-state index in [-0.39, 0.29) is 12.4 Å². The Hall–Kier alpha value is 0.120. The summed E-state index contributed by atoms with van der Waals surface area (Å²) in [6.07, 6.45) is 4.37. The molecule has 1 saturated carbocycles. The second-order valence-electron chi connectivity index (χ2n) is 5.22. The molecule has 5 nitrogen and oxygen atoms in total. The first-order valence-electron chi connectivity index (χ1n) is 6.42. The van der Waals surface area contributed by atoms with Crippen LogP contribution >= 0.6 is 12.4 Å². The fourth-order valence-corrected chi connectivity index (χ4v) is 3.86. The van der Waals surface area contributed by atoms with Gasteiger partial charge in [-0.05, 0) is 38.6 Å². The van der Waals surface area contributed by atoms with Crippen molar-refractivity contribution in [3.05, 3.63) is 0 Å². The minimum absolute atomic E-state index is 0. The van der Waals surface area contributed by atoms with Crippen LogP contribution in [-0.4, -0.2) is 56.8 Å². The Morgan fingerprint density at radius 1 is 1.33 bits per heavy atom. The Morgan fingerprint density at radius 2 is 2.00 bits per heavy atom. The zero-order chi connectivity index (χ0) is 12.5. The van der Waals surface area contributed by atoms with Gasteiger partial charge in [0.2, 0.25) is 0 Å². The highest BCUT2D eigenvalue weighted by molar-refractivity contribution is 7.86. The second-order valence-corrected chi connectivity index (χ2v) is 7.25. The van der Waals surface area contributed by atoms with Crippen molar-refractivity contribution in [1.29, 1.82) is 0 Å². The van der Waals surface area contributed by atoms with E-state index in [1.54, 1.807) is 11.4 Å². The van der Waals surface area contributed by atoms with Crippen LogP contribution in [0.15, 0.2) is 0 Å². The number of piperidine rings is 1. The number of nitrogens with zero attached hydrogens (tertiary/aromatic N) is 2. The molecule has 1 unspecified atom stereocenters. The summed E-state index contributed by atoms with van der Waals surface area (Å²) in [5, 5.41) is 3.17. The van der Waals surface area contributed by atoms with Crippen LogP contribution in [0.2, 0.25) is 0 Å². The topological polar surface area (TPSA) is 52.7 Å². The Morgan fingerprint density at radius 3 is 2.56 bits per heavy atom. The van der Waals surface area contributed by atoms with E-state index in [1.807, 2.05) is 7.05 Å². The van der Waals surface area contributed by atoms with Crippen LogP contribution in [-0.2, 0) is 10.2 Å². The van der Waals surface area contributed by atoms with Crippen molar-refractivity contribution in [3.8, 4) is 0 Å². The number of halogens is 1. The zero-order valence-corrected chi connectivity index (χ0v) is 12.8. The van der Waals surface area contributed by atoms with Gasteiger partial charge in [0.25, 0.3) is 10.2 Å². The molecule has 18 heavy (non-hydrogen) atoms. The monoisotopic (exact) mass is 297 g/mol. The molecule has 7 heteroatoms. The smallest absolute Gasteiger partial charge is 0.281 e. The summed E-state index contributed by atoms with van der Waals surface area (Å²) >= 11 is 0. The summed E-state index contributed by atoms with van der Waals surface area (Å²) in [5.41, 5.74) is 0. The molecule has 0 aromatic rings. The maximum Gasteiger partial charge on any atom is 0.281 e. The third kappa shape index (κ3) is 3.81. The summed E-state index contributed by atoms with van der Waals surface area (Å²) in [5.74, 6) is 0.597. The van der Waals surface area contributed by atoms with E-state index >= 15 is 0 Å². The maximum absolute atomic E-state index is 12.3. The van der Waals surface area contributed by atoms with E-state index in [0.29, 0.717) is 31.6 Å². The van der Waals surface area contributed by atoms with Crippen LogP contribution in [0.3, 0.4) is 0 Å². The van der Waals surface area contributed by atoms with Crippen molar-refractivity contribution in [2.45, 2.75) is 31.7 Å². The Balaban J connectivity index is 0.00000162. The first-order valence-corrected chi connectivity index (χ1v) is 7.82. The number of rotatable bonds is 5. The van der Waals surface area contributed by atoms with Crippen molar-refractivity contribution in [1.82, 2.24) is 13.9 Å². The molecule has 0 bridgehead atoms. The van der Waals surface area contributed by atoms with Gasteiger partial charge in [0, 0.05) is 32.7 Å². The van der Waals surface area contributed by atoms with E-state index in [4.69, 9.17) is 0 Å². The van der Waals surface area contributed by atoms with Gasteiger partial charge in [-0.1, -0.05) is 0 Å². The summed E-state index contributed by atoms with van der Waals surface area (Å²) in [6, 6.07) is 0.299. The first kappa shape index (κ1) is 16.2. The SMILES string of the molecule is CNC1CCCN(S(=O)(=O)N(C)CC2CC2)C1.Cl. The molecular weight excluding hydrogens is 274 g/mol. The third-order valence-electron chi connectivity index (χ3n) is 3.72. The highest BCUT2D eigenvalue weighted by Crippen LogP contribution is 2.30. The van der Waals surface area contributed by atoms with E-state index in [2.05, 4.69) is 5.32 Å². The van der Waals surface area contributed by atoms with Gasteiger partial charge < -0.3 is 5.32 Å². The van der Waals surface area contributed by atoms with Crippen molar-refractivity contribution in [2.75, 3.05) is 33.7 Å². The number of hydrogen-bond acceptors (Lipinski definition) is 3. The van der Waals surface area contributed by atoms with Gasteiger partial charge in [0.15, 0.2) is 0 Å². The molecule has 2 aliphatic rings. The quantitative estimate of drug-likeness (QED) is 0.812. The molecule has 2 rings (SSSR count). The van der Waals surface area contributed by atoms with Gasteiger partial charge in [0.05, 0.1) is 0 Å². The molecule has 0 radical (unpaired) electrons. The summed E-state index contributed by atoms with van der Waals surface area (Å²) in [7, 11) is 0.369. The van der Waals surface area contributed by atoms with Crippen molar-refractivity contribution in [3.63, 3.8) is 0 Å². The van der Waals surface area contributed by atoms with Crippen LogP contribution < -0.4 is 5.32 Å². The average molecular weight is 298 g/mol. The number of likely N-dealkylation sites (N-methyl/N-ethyl adjacent to an activating group) is 1. The molecule has 2 fully saturated rings. The van der Waals surface area contributed by atoms with Gasteiger partial charge in [-0.3, -0.25) is 0 Å². The average Bonchev–Trinajstić information content (AvgIpc) is 3.13. The van der Waals surface area contributed by atoms with Crippen molar-refractivity contribution < 1.29 is 8.42 Å². The van der Waals surface area contributed by atoms with Gasteiger partial charge in [-0.25, -0.2) is 0 Å². The van der Waals surface area contributed by atoms with E-state index in [0.717, 1.165) is 12.8 Å². The molecule has 1 N–H and O–H groups in total. The lowest BCUT2D eigenvalue weighted by Gasteiger charge is -2.34. The Bertz CT molecular complexity index is 359. The van der Waals surface area contributed by atoms with Crippen LogP contribution in [0.1, 0.15) is 25.7 Å². The fraction of sp³-hybridized carbons (Fsp3) is 1.00. The lowest BCUT2D eigenvalue weighted by Crippen LogP contribution is -2.51. The molecule has 0 amide bonds. The molecule has 108 valence electrons. The van der Waals surface area contributed by atoms with E-state index < -0.39 is 10.2 Å². The summed E-state index contributed by atoms with van der Waals surface area (Å²) in [4.78, 5) is 0. The van der Waals surface area contributed by atoms with Gasteiger partial charge >= 0.3 is 0 Å². The van der Waals surface area contributed by atoms with Crippen molar-refractivity contribution >= 4 is 22.6 Å². The summed E-state index contributed by atoms with van der Waals surface area (Å²) < 4.78 is 27.8. The van der Waals surface area contributed by atoms with Gasteiger partial charge in [-0.15, -0.1) is 12.4 Å². The predicted octanol–water partition coefficient (Wildman–Crippen LogP) is 0.679. The van der Waals surface area contributed by atoms with Crippen molar-refractivity contribution in [2.24, 2.45) is 5.92 Å². The molecule has 0 aromatic carbocycles. The summed E-state index contributed by atoms with van der Waals surface area (Å²) in [6.45, 7) is 1.95. The molecule has 1 atom stereocenters. The van der Waals surface area contributed by atoms with Crippen LogP contribution in [0.5, 0.6) is 0 Å². The molecule has 1 aliphatic carbocycles. The van der Waals surface area contributed by atoms with Gasteiger partial charge in [-0.2, -0.15) is 17.0 Å². The largest absolute Gasteiger partial charge is 0.316 e. The van der Waals surface area contributed by atoms with E-state index in [1.165, 1.54) is 17.1 Å². The zero-order valence-electron chi connectivity index (χ0n) is 11.1. The minimum Gasteiger partial charge on any atom is -0.316 e. The highest BCUT2D eigenvalue weighted by Gasteiger charge is 2.34. The van der Waals surface area contributed by atoms with Crippen LogP contribution in [0, 0.1) is 5.92 Å². The molecule has 1 saturated heterocycles. The van der Waals surface area contributed by atoms with E-state index in [9.17, 15) is 8.42 Å². The molecule has 1 aliphatic heterocycles. The van der Waals surface area contributed by atoms with Gasteiger partial charge in [0.1, 0.15) is 0 Å². The van der Waals surface area contributed by atoms with Crippen LogP contribution in [0.4, 0.5) is 0 Å². The molecule has 1 heterocycles. The Labute approximate surface area is 116 Å². The fourth-order valence-electron chi connectivity index (χ4n) is 2.34. The molecular formula is C11H24ClN3O2S. The second kappa shape index (κ2) is 6.52. The third-order valence-corrected chi connectivity index (χ3v) is 5.65. The normalized spacial score (nSPS) is 26.1. The highest BCUT2D eigenvalue weighted by atomic mass is 35.5. The molecule has 0 aromatic heterocycles. The number of nitrogens with one attached hydrogen (secondary N) is 1. The standard InChI is InChI=1S/C11H23N3O2S.ClH/c1-12-11-4-3-7-14(9-11)17(15,16)13(2)8-10-5-6-10;/h10-12H,3-9H2,1-2H3;1H. The predicted molar refractivity (Wildman–Crippen MR) is 75.2 cm³/mol. The Kier molecular flexibility index (Phi) is 5.86. The first-order chi connectivity index (χ1) is 8.04. The minimum atomic E-state index is -3.23. The number of hydrogen-bond donors (Lipinski definition) is 1. The van der Waals surface area contributed by atoms with Crippen LogP contribution in [0.25, 0.3) is 0 Å². The molecule has 0 spiro atoms. The maximum atomic E-state index is 12.3. The lowest BCUT2D eigenvalue weighted by molar-refractivity contribution is 0.273. The lowest BCUT2D eigenvalue weighted by atomic mass is 10.1.